The van der Waals surface area contributed by atoms with Crippen LogP contribution in [-0.4, -0.2) is 30.9 Å². The first kappa shape index (κ1) is 23.7. The molecule has 0 aliphatic carbocycles. The highest BCUT2D eigenvalue weighted by Crippen LogP contribution is 2.27. The number of urea groups is 1. The van der Waals surface area contributed by atoms with Crippen molar-refractivity contribution in [1.82, 2.24) is 5.32 Å². The third kappa shape index (κ3) is 4.77. The van der Waals surface area contributed by atoms with Crippen LogP contribution < -0.4 is 10.2 Å². The molecule has 1 N–H and O–H groups in total. The number of benzene rings is 2. The molecule has 0 spiro atoms. The van der Waals surface area contributed by atoms with Gasteiger partial charge in [0.25, 0.3) is 11.8 Å². The number of amides is 4. The molecule has 8 nitrogen and oxygen atoms in total. The van der Waals surface area contributed by atoms with Crippen molar-refractivity contribution in [1.29, 1.82) is 0 Å². The molecule has 178 valence electrons. The summed E-state index contributed by atoms with van der Waals surface area (Å²) in [6.45, 7) is 4.18. The molecule has 1 fully saturated rings. The van der Waals surface area contributed by atoms with E-state index in [0.717, 1.165) is 16.9 Å². The quantitative estimate of drug-likeness (QED) is 0.310. The van der Waals surface area contributed by atoms with Crippen molar-refractivity contribution in [2.24, 2.45) is 0 Å². The Morgan fingerprint density at radius 1 is 1.03 bits per heavy atom. The summed E-state index contributed by atoms with van der Waals surface area (Å²) >= 11 is 0. The number of anilines is 1. The predicted molar refractivity (Wildman–Crippen MR) is 130 cm³/mol. The van der Waals surface area contributed by atoms with E-state index in [-0.39, 0.29) is 11.3 Å². The van der Waals surface area contributed by atoms with E-state index in [0.29, 0.717) is 28.5 Å². The second-order valence-electron chi connectivity index (χ2n) is 8.13. The molecule has 3 aromatic rings. The van der Waals surface area contributed by atoms with E-state index in [1.165, 1.54) is 13.2 Å². The van der Waals surface area contributed by atoms with Crippen molar-refractivity contribution in [3.8, 4) is 11.3 Å². The maximum absolute atomic E-state index is 13.1. The van der Waals surface area contributed by atoms with Gasteiger partial charge < -0.3 is 9.15 Å². The van der Waals surface area contributed by atoms with Crippen LogP contribution in [0.4, 0.5) is 10.5 Å². The SMILES string of the molecule is CCC(C)c1ccc(N2C(=O)NC(=O)/C(=C/c3ccc(-c4ccc(C(=O)OC)cc4)o3)C2=O)cc1. The van der Waals surface area contributed by atoms with Crippen LogP contribution in [-0.2, 0) is 14.3 Å². The molecule has 4 amide bonds. The number of esters is 1. The minimum absolute atomic E-state index is 0.224. The van der Waals surface area contributed by atoms with Gasteiger partial charge in [0, 0.05) is 5.56 Å². The van der Waals surface area contributed by atoms with Gasteiger partial charge in [0.2, 0.25) is 0 Å². The van der Waals surface area contributed by atoms with Gasteiger partial charge in [0.15, 0.2) is 0 Å². The van der Waals surface area contributed by atoms with E-state index < -0.39 is 23.8 Å². The van der Waals surface area contributed by atoms with E-state index in [1.807, 2.05) is 12.1 Å². The number of carbonyl (C=O) groups is 4. The van der Waals surface area contributed by atoms with E-state index in [4.69, 9.17) is 9.15 Å². The van der Waals surface area contributed by atoms with Crippen LogP contribution in [0.25, 0.3) is 17.4 Å². The average molecular weight is 472 g/mol. The van der Waals surface area contributed by atoms with Crippen LogP contribution in [0.1, 0.15) is 47.9 Å². The number of nitrogens with one attached hydrogen (secondary N) is 1. The van der Waals surface area contributed by atoms with Crippen LogP contribution in [0.3, 0.4) is 0 Å². The summed E-state index contributed by atoms with van der Waals surface area (Å²) < 4.78 is 10.5. The van der Waals surface area contributed by atoms with E-state index in [2.05, 4.69) is 19.2 Å². The number of nitrogens with zero attached hydrogens (tertiary/aromatic N) is 1. The van der Waals surface area contributed by atoms with E-state index in [1.54, 1.807) is 48.5 Å². The number of imide groups is 2. The van der Waals surface area contributed by atoms with Crippen molar-refractivity contribution in [2.45, 2.75) is 26.2 Å². The monoisotopic (exact) mass is 472 g/mol. The highest BCUT2D eigenvalue weighted by molar-refractivity contribution is 6.39. The van der Waals surface area contributed by atoms with Gasteiger partial charge in [-0.2, -0.15) is 0 Å². The fraction of sp³-hybridized carbons (Fsp3) is 0.185. The number of ether oxygens (including phenoxy) is 1. The average Bonchev–Trinajstić information content (AvgIpc) is 3.34. The van der Waals surface area contributed by atoms with Gasteiger partial charge in [0.05, 0.1) is 18.4 Å². The Morgan fingerprint density at radius 3 is 2.34 bits per heavy atom. The van der Waals surface area contributed by atoms with Gasteiger partial charge in [-0.3, -0.25) is 14.9 Å². The van der Waals surface area contributed by atoms with Crippen LogP contribution in [0.2, 0.25) is 0 Å². The van der Waals surface area contributed by atoms with Gasteiger partial charge >= 0.3 is 12.0 Å². The Morgan fingerprint density at radius 2 is 1.71 bits per heavy atom. The molecule has 0 radical (unpaired) electrons. The van der Waals surface area contributed by atoms with Crippen LogP contribution >= 0.6 is 0 Å². The zero-order valence-corrected chi connectivity index (χ0v) is 19.5. The van der Waals surface area contributed by atoms with Crippen molar-refractivity contribution >= 4 is 35.6 Å². The Labute approximate surface area is 202 Å². The van der Waals surface area contributed by atoms with Crippen molar-refractivity contribution < 1.29 is 28.3 Å². The standard InChI is InChI=1S/C27H24N2O6/c1-4-16(2)17-9-11-20(12-10-17)29-25(31)22(24(30)28-27(29)33)15-21-13-14-23(35-21)18-5-7-19(8-6-18)26(32)34-3/h5-16H,4H2,1-3H3,(H,28,30,33)/b22-15-. The highest BCUT2D eigenvalue weighted by Gasteiger charge is 2.37. The van der Waals surface area contributed by atoms with Crippen molar-refractivity contribution in [2.75, 3.05) is 12.0 Å². The third-order valence-electron chi connectivity index (χ3n) is 5.94. The summed E-state index contributed by atoms with van der Waals surface area (Å²) in [5, 5.41) is 2.21. The van der Waals surface area contributed by atoms with Crippen LogP contribution in [0.15, 0.2) is 70.7 Å². The summed E-state index contributed by atoms with van der Waals surface area (Å²) in [4.78, 5) is 50.6. The molecule has 4 rings (SSSR count). The number of hydrogen-bond donors (Lipinski definition) is 1. The Hall–Kier alpha value is -4.46. The first-order valence-electron chi connectivity index (χ1n) is 11.1. The lowest BCUT2D eigenvalue weighted by molar-refractivity contribution is -0.122. The smallest absolute Gasteiger partial charge is 0.337 e. The van der Waals surface area contributed by atoms with Crippen molar-refractivity contribution in [3.05, 3.63) is 83.1 Å². The van der Waals surface area contributed by atoms with Gasteiger partial charge in [-0.15, -0.1) is 0 Å². The zero-order valence-electron chi connectivity index (χ0n) is 19.5. The molecule has 35 heavy (non-hydrogen) atoms. The largest absolute Gasteiger partial charge is 0.465 e. The summed E-state index contributed by atoms with van der Waals surface area (Å²) in [6.07, 6.45) is 2.27. The van der Waals surface area contributed by atoms with Gasteiger partial charge in [-0.25, -0.2) is 14.5 Å². The summed E-state index contributed by atoms with van der Waals surface area (Å²) in [5.74, 6) is -0.903. The van der Waals surface area contributed by atoms with Crippen LogP contribution in [0, 0.1) is 0 Å². The number of rotatable bonds is 6. The number of furan rings is 1. The minimum Gasteiger partial charge on any atom is -0.465 e. The summed E-state index contributed by atoms with van der Waals surface area (Å²) in [5.41, 5.74) is 2.33. The molecule has 1 aliphatic heterocycles. The summed E-state index contributed by atoms with van der Waals surface area (Å²) in [7, 11) is 1.31. The third-order valence-corrected chi connectivity index (χ3v) is 5.94. The molecule has 2 aromatic carbocycles. The maximum Gasteiger partial charge on any atom is 0.337 e. The normalized spacial score (nSPS) is 15.8. The lowest BCUT2D eigenvalue weighted by atomic mass is 9.98. The molecule has 1 aromatic heterocycles. The second-order valence-corrected chi connectivity index (χ2v) is 8.13. The van der Waals surface area contributed by atoms with Gasteiger partial charge in [0.1, 0.15) is 17.1 Å². The minimum atomic E-state index is -0.806. The Bertz CT molecular complexity index is 1320. The first-order valence-corrected chi connectivity index (χ1v) is 11.1. The first-order chi connectivity index (χ1) is 16.8. The molecule has 1 unspecified atom stereocenters. The molecule has 1 saturated heterocycles. The van der Waals surface area contributed by atoms with E-state index in [9.17, 15) is 19.2 Å². The molecular weight excluding hydrogens is 448 g/mol. The topological polar surface area (TPSA) is 106 Å². The molecule has 0 bridgehead atoms. The predicted octanol–water partition coefficient (Wildman–Crippen LogP) is 4.91. The number of hydrogen-bond acceptors (Lipinski definition) is 6. The molecule has 8 heteroatoms. The van der Waals surface area contributed by atoms with E-state index >= 15 is 0 Å². The maximum atomic E-state index is 13.1. The van der Waals surface area contributed by atoms with Crippen LogP contribution in [0.5, 0.6) is 0 Å². The number of methoxy groups -OCH3 is 1. The van der Waals surface area contributed by atoms with Gasteiger partial charge in [-0.05, 0) is 60.4 Å². The molecule has 2 heterocycles. The Balaban J connectivity index is 1.59. The highest BCUT2D eigenvalue weighted by atomic mass is 16.5. The fourth-order valence-corrected chi connectivity index (χ4v) is 3.70. The van der Waals surface area contributed by atoms with Gasteiger partial charge in [-0.1, -0.05) is 38.1 Å². The fourth-order valence-electron chi connectivity index (χ4n) is 3.70. The second kappa shape index (κ2) is 9.80. The lowest BCUT2D eigenvalue weighted by Gasteiger charge is -2.26. The molecule has 1 atom stereocenters. The molecule has 1 aliphatic rings. The zero-order chi connectivity index (χ0) is 25.1. The molecule has 0 saturated carbocycles. The number of carbonyl (C=O) groups excluding carboxylic acids is 4. The Kier molecular flexibility index (Phi) is 6.64. The number of barbiturate groups is 1. The van der Waals surface area contributed by atoms with Crippen molar-refractivity contribution in [3.63, 3.8) is 0 Å². The summed E-state index contributed by atoms with van der Waals surface area (Å²) in [6, 6.07) is 16.2. The molecular formula is C27H24N2O6. The lowest BCUT2D eigenvalue weighted by Crippen LogP contribution is -2.54.